The van der Waals surface area contributed by atoms with Crippen LogP contribution in [0.25, 0.3) is 21.9 Å². The van der Waals surface area contributed by atoms with Gasteiger partial charge in [0.25, 0.3) is 0 Å². The third-order valence-electron chi connectivity index (χ3n) is 3.69. The Morgan fingerprint density at radius 1 is 0.789 bits per heavy atom. The summed E-state index contributed by atoms with van der Waals surface area (Å²) in [6, 6.07) is 16.8. The number of ketones is 1. The average molecular weight is 246 g/mol. The number of aromatic hydroxyl groups is 1. The van der Waals surface area contributed by atoms with Gasteiger partial charge in [-0.25, -0.2) is 0 Å². The first-order valence-corrected chi connectivity index (χ1v) is 6.15. The topological polar surface area (TPSA) is 37.3 Å². The molecule has 0 aliphatic heterocycles. The van der Waals surface area contributed by atoms with Gasteiger partial charge in [-0.2, -0.15) is 0 Å². The minimum atomic E-state index is 0.0433. The summed E-state index contributed by atoms with van der Waals surface area (Å²) in [4.78, 5) is 12.5. The van der Waals surface area contributed by atoms with E-state index in [1.165, 1.54) is 0 Å². The molecular formula is C17H10O2. The second-order valence-corrected chi connectivity index (χ2v) is 4.77. The fourth-order valence-corrected chi connectivity index (χ4v) is 2.83. The van der Waals surface area contributed by atoms with E-state index < -0.39 is 0 Å². The molecule has 0 aromatic heterocycles. The molecule has 0 saturated heterocycles. The predicted octanol–water partition coefficient (Wildman–Crippen LogP) is 3.76. The van der Waals surface area contributed by atoms with Gasteiger partial charge in [0, 0.05) is 11.1 Å². The van der Waals surface area contributed by atoms with Crippen molar-refractivity contribution in [3.63, 3.8) is 0 Å². The minimum absolute atomic E-state index is 0.0433. The van der Waals surface area contributed by atoms with Gasteiger partial charge in [0.15, 0.2) is 5.78 Å². The van der Waals surface area contributed by atoms with Crippen LogP contribution in [0.3, 0.4) is 0 Å². The van der Waals surface area contributed by atoms with Crippen molar-refractivity contribution in [1.82, 2.24) is 0 Å². The zero-order valence-electron chi connectivity index (χ0n) is 10.1. The summed E-state index contributed by atoms with van der Waals surface area (Å²) in [5.74, 6) is 0.231. The van der Waals surface area contributed by atoms with Crippen molar-refractivity contribution in [3.05, 3.63) is 65.7 Å². The zero-order valence-corrected chi connectivity index (χ0v) is 10.1. The Hall–Kier alpha value is -2.61. The van der Waals surface area contributed by atoms with Gasteiger partial charge >= 0.3 is 0 Å². The fraction of sp³-hybridized carbons (Fsp3) is 0. The lowest BCUT2D eigenvalue weighted by Gasteiger charge is -2.04. The molecule has 0 atom stereocenters. The SMILES string of the molecule is O=C1c2ccc(O)cc2-c2ccc3ccccc3c21. The first kappa shape index (κ1) is 10.3. The van der Waals surface area contributed by atoms with E-state index in [0.717, 1.165) is 27.5 Å². The van der Waals surface area contributed by atoms with E-state index in [0.29, 0.717) is 5.56 Å². The predicted molar refractivity (Wildman–Crippen MR) is 74.5 cm³/mol. The van der Waals surface area contributed by atoms with Crippen LogP contribution in [0, 0.1) is 0 Å². The number of rotatable bonds is 0. The van der Waals surface area contributed by atoms with E-state index in [1.807, 2.05) is 36.4 Å². The fourth-order valence-electron chi connectivity index (χ4n) is 2.83. The molecule has 2 heteroatoms. The third-order valence-corrected chi connectivity index (χ3v) is 3.69. The van der Waals surface area contributed by atoms with Crippen LogP contribution in [0.4, 0.5) is 0 Å². The summed E-state index contributed by atoms with van der Waals surface area (Å²) in [6.45, 7) is 0. The quantitative estimate of drug-likeness (QED) is 0.513. The number of phenols is 1. The van der Waals surface area contributed by atoms with Gasteiger partial charge in [-0.1, -0.05) is 36.4 Å². The van der Waals surface area contributed by atoms with Gasteiger partial charge in [0.1, 0.15) is 5.75 Å². The van der Waals surface area contributed by atoms with Crippen LogP contribution < -0.4 is 0 Å². The Balaban J connectivity index is 2.16. The number of carbonyl (C=O) groups is 1. The molecule has 4 rings (SSSR count). The summed E-state index contributed by atoms with van der Waals surface area (Å²) in [6.07, 6.45) is 0. The summed E-state index contributed by atoms with van der Waals surface area (Å²) >= 11 is 0. The molecule has 1 aliphatic rings. The molecule has 0 spiro atoms. The van der Waals surface area contributed by atoms with E-state index in [1.54, 1.807) is 18.2 Å². The van der Waals surface area contributed by atoms with Crippen LogP contribution in [0.1, 0.15) is 15.9 Å². The first-order chi connectivity index (χ1) is 9.25. The molecule has 0 unspecified atom stereocenters. The third kappa shape index (κ3) is 1.28. The van der Waals surface area contributed by atoms with Crippen molar-refractivity contribution in [3.8, 4) is 16.9 Å². The maximum atomic E-state index is 12.5. The van der Waals surface area contributed by atoms with Gasteiger partial charge in [-0.15, -0.1) is 0 Å². The van der Waals surface area contributed by atoms with Crippen molar-refractivity contribution < 1.29 is 9.90 Å². The van der Waals surface area contributed by atoms with Gasteiger partial charge < -0.3 is 5.11 Å². The molecule has 2 nitrogen and oxygen atoms in total. The largest absolute Gasteiger partial charge is 0.508 e. The Morgan fingerprint density at radius 2 is 1.58 bits per heavy atom. The molecule has 3 aromatic carbocycles. The van der Waals surface area contributed by atoms with E-state index in [2.05, 4.69) is 0 Å². The van der Waals surface area contributed by atoms with Crippen molar-refractivity contribution >= 4 is 16.6 Å². The molecule has 0 amide bonds. The van der Waals surface area contributed by atoms with Crippen LogP contribution in [0.5, 0.6) is 5.75 Å². The lowest BCUT2D eigenvalue weighted by molar-refractivity contribution is 0.104. The van der Waals surface area contributed by atoms with Gasteiger partial charge in [0.2, 0.25) is 0 Å². The average Bonchev–Trinajstić information content (AvgIpc) is 2.72. The smallest absolute Gasteiger partial charge is 0.194 e. The number of fused-ring (bicyclic) bond motifs is 5. The Bertz CT molecular complexity index is 847. The molecule has 0 saturated carbocycles. The van der Waals surface area contributed by atoms with Crippen LogP contribution >= 0.6 is 0 Å². The number of hydrogen-bond acceptors (Lipinski definition) is 2. The Kier molecular flexibility index (Phi) is 1.88. The summed E-state index contributed by atoms with van der Waals surface area (Å²) in [7, 11) is 0. The lowest BCUT2D eigenvalue weighted by Crippen LogP contribution is -1.95. The second-order valence-electron chi connectivity index (χ2n) is 4.77. The molecule has 90 valence electrons. The van der Waals surface area contributed by atoms with Gasteiger partial charge in [-0.3, -0.25) is 4.79 Å². The van der Waals surface area contributed by atoms with Gasteiger partial charge in [-0.05, 0) is 40.1 Å². The minimum Gasteiger partial charge on any atom is -0.508 e. The molecule has 3 aromatic rings. The number of benzene rings is 3. The number of phenolic OH excluding ortho intramolecular Hbond substituents is 1. The number of carbonyl (C=O) groups excluding carboxylic acids is 1. The van der Waals surface area contributed by atoms with Crippen molar-refractivity contribution in [2.75, 3.05) is 0 Å². The Morgan fingerprint density at radius 3 is 2.47 bits per heavy atom. The molecule has 0 bridgehead atoms. The van der Waals surface area contributed by atoms with Crippen LogP contribution in [0.15, 0.2) is 54.6 Å². The normalized spacial score (nSPS) is 12.5. The maximum Gasteiger partial charge on any atom is 0.194 e. The van der Waals surface area contributed by atoms with Crippen molar-refractivity contribution in [2.24, 2.45) is 0 Å². The maximum absolute atomic E-state index is 12.5. The van der Waals surface area contributed by atoms with Crippen LogP contribution in [-0.2, 0) is 0 Å². The first-order valence-electron chi connectivity index (χ1n) is 6.15. The summed E-state index contributed by atoms with van der Waals surface area (Å²) < 4.78 is 0. The molecule has 1 N–H and O–H groups in total. The van der Waals surface area contributed by atoms with Crippen molar-refractivity contribution in [1.29, 1.82) is 0 Å². The highest BCUT2D eigenvalue weighted by atomic mass is 16.3. The second kappa shape index (κ2) is 3.45. The summed E-state index contributed by atoms with van der Waals surface area (Å²) in [5, 5.41) is 11.6. The highest BCUT2D eigenvalue weighted by Crippen LogP contribution is 2.41. The summed E-state index contributed by atoms with van der Waals surface area (Å²) in [5.41, 5.74) is 3.16. The molecule has 0 radical (unpaired) electrons. The molecule has 1 aliphatic carbocycles. The van der Waals surface area contributed by atoms with Gasteiger partial charge in [0.05, 0.1) is 0 Å². The Labute approximate surface area is 109 Å². The monoisotopic (exact) mass is 246 g/mol. The van der Waals surface area contributed by atoms with Crippen molar-refractivity contribution in [2.45, 2.75) is 0 Å². The highest BCUT2D eigenvalue weighted by molar-refractivity contribution is 6.27. The van der Waals surface area contributed by atoms with E-state index >= 15 is 0 Å². The standard InChI is InChI=1S/C17H10O2/c18-11-6-8-14-15(9-11)13-7-5-10-3-1-2-4-12(10)16(13)17(14)19/h1-9,18H. The van der Waals surface area contributed by atoms with E-state index in [4.69, 9.17) is 0 Å². The van der Waals surface area contributed by atoms with E-state index in [-0.39, 0.29) is 11.5 Å². The van der Waals surface area contributed by atoms with Crippen LogP contribution in [-0.4, -0.2) is 10.9 Å². The number of hydrogen-bond donors (Lipinski definition) is 1. The molecular weight excluding hydrogens is 236 g/mol. The zero-order chi connectivity index (χ0) is 13.0. The van der Waals surface area contributed by atoms with Crippen LogP contribution in [0.2, 0.25) is 0 Å². The lowest BCUT2D eigenvalue weighted by atomic mass is 9.99. The molecule has 0 fully saturated rings. The molecule has 19 heavy (non-hydrogen) atoms. The molecule has 0 heterocycles. The van der Waals surface area contributed by atoms with E-state index in [9.17, 15) is 9.90 Å². The highest BCUT2D eigenvalue weighted by Gasteiger charge is 2.28.